The number of nitrogens with zero attached hydrogens (tertiary/aromatic N) is 3. The van der Waals surface area contributed by atoms with Crippen molar-refractivity contribution < 1.29 is 19.1 Å². The number of amidine groups is 1. The number of amides is 3. The van der Waals surface area contributed by atoms with Crippen LogP contribution in [0.25, 0.3) is 0 Å². The first-order chi connectivity index (χ1) is 15.7. The summed E-state index contributed by atoms with van der Waals surface area (Å²) in [6, 6.07) is 12.7. The van der Waals surface area contributed by atoms with Crippen molar-refractivity contribution in [3.05, 3.63) is 58.6 Å². The summed E-state index contributed by atoms with van der Waals surface area (Å²) < 4.78 is 5.77. The van der Waals surface area contributed by atoms with Gasteiger partial charge in [0.2, 0.25) is 16.7 Å². The average Bonchev–Trinajstić information content (AvgIpc) is 3.25. The van der Waals surface area contributed by atoms with Gasteiger partial charge in [-0.15, -0.1) is 5.10 Å². The van der Waals surface area contributed by atoms with E-state index in [4.69, 9.17) is 16.3 Å². The van der Waals surface area contributed by atoms with Crippen LogP contribution in [0.1, 0.15) is 31.4 Å². The molecule has 2 aromatic carbocycles. The number of hydrogen-bond acceptors (Lipinski definition) is 6. The summed E-state index contributed by atoms with van der Waals surface area (Å²) in [7, 11) is 0. The fourth-order valence-corrected chi connectivity index (χ4v) is 5.46. The lowest BCUT2D eigenvalue weighted by molar-refractivity contribution is -0.139. The fraction of sp³-hybridized carbons (Fsp3) is 0.304. The number of halogens is 1. The Hall–Kier alpha value is -3.04. The van der Waals surface area contributed by atoms with Gasteiger partial charge in [-0.3, -0.25) is 14.4 Å². The van der Waals surface area contributed by atoms with Gasteiger partial charge in [0.05, 0.1) is 12.3 Å². The van der Waals surface area contributed by atoms with Crippen LogP contribution in [0.2, 0.25) is 5.02 Å². The number of nitrogens with one attached hydrogen (secondary N) is 1. The second-order valence-corrected chi connectivity index (χ2v) is 9.37. The van der Waals surface area contributed by atoms with Crippen molar-refractivity contribution in [3.8, 4) is 5.75 Å². The van der Waals surface area contributed by atoms with Crippen LogP contribution >= 0.6 is 23.4 Å². The van der Waals surface area contributed by atoms with Gasteiger partial charge in [0.1, 0.15) is 5.75 Å². The summed E-state index contributed by atoms with van der Waals surface area (Å²) in [5, 5.41) is 8.90. The molecule has 1 atom stereocenters. The molecule has 4 rings (SSSR count). The molecule has 2 aromatic rings. The third kappa shape index (κ3) is 4.18. The highest BCUT2D eigenvalue weighted by atomic mass is 35.5. The van der Waals surface area contributed by atoms with Crippen molar-refractivity contribution in [1.82, 2.24) is 10.3 Å². The van der Waals surface area contributed by atoms with Crippen molar-refractivity contribution in [2.75, 3.05) is 18.1 Å². The van der Waals surface area contributed by atoms with Gasteiger partial charge in [0, 0.05) is 31.0 Å². The zero-order chi connectivity index (χ0) is 23.8. The summed E-state index contributed by atoms with van der Waals surface area (Å²) in [6.07, 6.45) is 0.572. The van der Waals surface area contributed by atoms with E-state index in [1.807, 2.05) is 25.1 Å². The molecule has 10 heteroatoms. The van der Waals surface area contributed by atoms with E-state index in [1.54, 1.807) is 29.2 Å². The molecule has 2 aliphatic heterocycles. The molecule has 2 heterocycles. The van der Waals surface area contributed by atoms with Crippen LogP contribution in [0.4, 0.5) is 5.69 Å². The average molecular weight is 487 g/mol. The summed E-state index contributed by atoms with van der Waals surface area (Å²) in [6.45, 7) is 5.43. The van der Waals surface area contributed by atoms with Gasteiger partial charge in [-0.25, -0.2) is 0 Å². The molecule has 1 unspecified atom stereocenters. The molecular formula is C23H23ClN4O4S. The van der Waals surface area contributed by atoms with Crippen molar-refractivity contribution in [1.29, 1.82) is 0 Å². The minimum atomic E-state index is -1.39. The molecule has 2 aliphatic rings. The number of rotatable bonds is 5. The predicted molar refractivity (Wildman–Crippen MR) is 128 cm³/mol. The Balaban J connectivity index is 1.59. The summed E-state index contributed by atoms with van der Waals surface area (Å²) in [4.78, 5) is 38.3. The molecule has 172 valence electrons. The highest BCUT2D eigenvalue weighted by Crippen LogP contribution is 2.55. The van der Waals surface area contributed by atoms with E-state index in [2.05, 4.69) is 10.4 Å². The standard InChI is InChI=1S/C23H23ClN4O4S/c1-14-6-4-7-19-20(14)27(12-5-13-32-18-10-8-17(24)9-11-18)21(31)23(19)28(16(3)30)26-22(33-23)25-15(2)29/h4,6-11H,5,12-13H2,1-3H3,(H,25,26,29). The monoisotopic (exact) mass is 486 g/mol. The molecule has 0 bridgehead atoms. The van der Waals surface area contributed by atoms with E-state index >= 15 is 0 Å². The lowest BCUT2D eigenvalue weighted by Crippen LogP contribution is -2.48. The second-order valence-electron chi connectivity index (χ2n) is 7.75. The minimum Gasteiger partial charge on any atom is -0.494 e. The molecular weight excluding hydrogens is 464 g/mol. The van der Waals surface area contributed by atoms with Crippen molar-refractivity contribution in [3.63, 3.8) is 0 Å². The summed E-state index contributed by atoms with van der Waals surface area (Å²) in [5.74, 6) is -0.297. The third-order valence-corrected chi connectivity index (χ3v) is 6.82. The Bertz CT molecular complexity index is 1150. The topological polar surface area (TPSA) is 91.3 Å². The number of fused-ring (bicyclic) bond motifs is 2. The molecule has 0 saturated carbocycles. The molecule has 3 amide bonds. The van der Waals surface area contributed by atoms with Gasteiger partial charge in [0.15, 0.2) is 5.17 Å². The van der Waals surface area contributed by atoms with Crippen LogP contribution in [0, 0.1) is 6.92 Å². The maximum absolute atomic E-state index is 13.9. The minimum absolute atomic E-state index is 0.214. The maximum Gasteiger partial charge on any atom is 0.270 e. The maximum atomic E-state index is 13.9. The van der Waals surface area contributed by atoms with Gasteiger partial charge in [-0.1, -0.05) is 29.8 Å². The van der Waals surface area contributed by atoms with Crippen LogP contribution in [-0.2, 0) is 19.3 Å². The highest BCUT2D eigenvalue weighted by molar-refractivity contribution is 8.15. The quantitative estimate of drug-likeness (QED) is 0.652. The van der Waals surface area contributed by atoms with Gasteiger partial charge in [-0.2, -0.15) is 5.01 Å². The van der Waals surface area contributed by atoms with Crippen LogP contribution in [0.3, 0.4) is 0 Å². The second kappa shape index (κ2) is 9.07. The van der Waals surface area contributed by atoms with E-state index in [-0.39, 0.29) is 17.0 Å². The van der Waals surface area contributed by atoms with Crippen molar-refractivity contribution in [2.45, 2.75) is 32.1 Å². The Morgan fingerprint density at radius 2 is 1.91 bits per heavy atom. The van der Waals surface area contributed by atoms with Crippen molar-refractivity contribution >= 4 is 51.9 Å². The smallest absolute Gasteiger partial charge is 0.270 e. The Morgan fingerprint density at radius 3 is 2.58 bits per heavy atom. The molecule has 0 aliphatic carbocycles. The number of hydrazone groups is 1. The first-order valence-corrected chi connectivity index (χ1v) is 11.6. The third-order valence-electron chi connectivity index (χ3n) is 5.33. The number of hydrogen-bond donors (Lipinski definition) is 1. The Labute approximate surface area is 200 Å². The number of carbonyl (C=O) groups excluding carboxylic acids is 3. The van der Waals surface area contributed by atoms with Crippen LogP contribution < -0.4 is 15.0 Å². The number of para-hydroxylation sites is 1. The zero-order valence-corrected chi connectivity index (χ0v) is 20.0. The summed E-state index contributed by atoms with van der Waals surface area (Å²) in [5.41, 5.74) is 2.34. The largest absolute Gasteiger partial charge is 0.494 e. The molecule has 0 fully saturated rings. The van der Waals surface area contributed by atoms with Gasteiger partial charge >= 0.3 is 0 Å². The van der Waals surface area contributed by atoms with E-state index in [0.29, 0.717) is 35.9 Å². The number of aryl methyl sites for hydroxylation is 1. The molecule has 0 saturated heterocycles. The molecule has 0 radical (unpaired) electrons. The van der Waals surface area contributed by atoms with E-state index in [1.165, 1.54) is 18.9 Å². The lowest BCUT2D eigenvalue weighted by atomic mass is 10.0. The van der Waals surface area contributed by atoms with Crippen LogP contribution in [0.5, 0.6) is 5.75 Å². The van der Waals surface area contributed by atoms with Gasteiger partial charge in [0.25, 0.3) is 5.91 Å². The highest BCUT2D eigenvalue weighted by Gasteiger charge is 2.61. The number of thioether (sulfide) groups is 1. The predicted octanol–water partition coefficient (Wildman–Crippen LogP) is 3.62. The normalized spacial score (nSPS) is 19.0. The summed E-state index contributed by atoms with van der Waals surface area (Å²) >= 11 is 6.98. The Morgan fingerprint density at radius 1 is 1.18 bits per heavy atom. The molecule has 33 heavy (non-hydrogen) atoms. The zero-order valence-electron chi connectivity index (χ0n) is 18.4. The van der Waals surface area contributed by atoms with Crippen LogP contribution in [-0.4, -0.2) is 41.0 Å². The molecule has 1 spiro atoms. The van der Waals surface area contributed by atoms with Crippen molar-refractivity contribution in [2.24, 2.45) is 5.10 Å². The fourth-order valence-electron chi connectivity index (χ4n) is 4.01. The first-order valence-electron chi connectivity index (χ1n) is 10.4. The van der Waals surface area contributed by atoms with E-state index in [0.717, 1.165) is 23.0 Å². The SMILES string of the molecule is CC(=O)NC1=NN(C(C)=O)C2(S1)C(=O)N(CCCOc1ccc(Cl)cc1)c1c(C)cccc12. The van der Waals surface area contributed by atoms with Crippen LogP contribution in [0.15, 0.2) is 47.6 Å². The molecule has 1 N–H and O–H groups in total. The first kappa shape index (κ1) is 23.1. The molecule has 8 nitrogen and oxygen atoms in total. The molecule has 0 aromatic heterocycles. The van der Waals surface area contributed by atoms with Gasteiger partial charge < -0.3 is 15.0 Å². The van der Waals surface area contributed by atoms with E-state index in [9.17, 15) is 14.4 Å². The van der Waals surface area contributed by atoms with Gasteiger partial charge in [-0.05, 0) is 54.9 Å². The number of benzene rings is 2. The van der Waals surface area contributed by atoms with E-state index < -0.39 is 10.8 Å². The Kier molecular flexibility index (Phi) is 6.36. The number of ether oxygens (including phenoxy) is 1. The lowest BCUT2D eigenvalue weighted by Gasteiger charge is -2.29. The number of carbonyl (C=O) groups is 3. The number of anilines is 1.